The fraction of sp³-hybridized carbons (Fsp3) is 0.357. The third kappa shape index (κ3) is 3.38. The molecule has 0 aliphatic carbocycles. The Morgan fingerprint density at radius 3 is 2.84 bits per heavy atom. The molecule has 1 aromatic carbocycles. The Kier molecular flexibility index (Phi) is 4.27. The van der Waals surface area contributed by atoms with E-state index in [9.17, 15) is 0 Å². The molecule has 1 heterocycles. The van der Waals surface area contributed by atoms with E-state index < -0.39 is 0 Å². The molecule has 2 rings (SSSR count). The van der Waals surface area contributed by atoms with Gasteiger partial charge in [-0.2, -0.15) is 0 Å². The van der Waals surface area contributed by atoms with E-state index in [4.69, 9.17) is 10.5 Å². The van der Waals surface area contributed by atoms with E-state index in [-0.39, 0.29) is 6.10 Å². The summed E-state index contributed by atoms with van der Waals surface area (Å²) >= 11 is 1.60. The van der Waals surface area contributed by atoms with Gasteiger partial charge in [0.1, 0.15) is 5.75 Å². The first-order chi connectivity index (χ1) is 9.08. The molecule has 5 heteroatoms. The number of rotatable bonds is 5. The van der Waals surface area contributed by atoms with E-state index >= 15 is 0 Å². The topological polar surface area (TPSA) is 51.4 Å². The number of aromatic nitrogens is 1. The average Bonchev–Trinajstić information content (AvgIpc) is 2.84. The lowest BCUT2D eigenvalue weighted by atomic mass is 10.2. The summed E-state index contributed by atoms with van der Waals surface area (Å²) < 4.78 is 5.71. The van der Waals surface area contributed by atoms with E-state index in [0.29, 0.717) is 5.69 Å². The molecule has 0 aliphatic rings. The summed E-state index contributed by atoms with van der Waals surface area (Å²) in [6.07, 6.45) is 0.112. The van der Waals surface area contributed by atoms with Gasteiger partial charge in [0.2, 0.25) is 0 Å². The van der Waals surface area contributed by atoms with Gasteiger partial charge in [0, 0.05) is 12.4 Å². The van der Waals surface area contributed by atoms with Crippen molar-refractivity contribution in [3.8, 4) is 5.75 Å². The molecule has 0 saturated carbocycles. The number of ether oxygens (including phenoxy) is 1. The second kappa shape index (κ2) is 5.93. The maximum atomic E-state index is 6.18. The van der Waals surface area contributed by atoms with Crippen molar-refractivity contribution in [2.24, 2.45) is 0 Å². The largest absolute Gasteiger partial charge is 0.489 e. The standard InChI is InChI=1S/C14H19N3OS/c1-10(2)18-13-6-4-5-12(14(13)15)17(3)7-11-8-19-9-16-11/h4-6,8-10H,7,15H2,1-3H3. The summed E-state index contributed by atoms with van der Waals surface area (Å²) in [5.41, 5.74) is 10.7. The van der Waals surface area contributed by atoms with Gasteiger partial charge in [-0.05, 0) is 26.0 Å². The molecule has 0 spiro atoms. The van der Waals surface area contributed by atoms with Crippen molar-refractivity contribution in [2.75, 3.05) is 17.7 Å². The monoisotopic (exact) mass is 277 g/mol. The number of anilines is 2. The number of nitrogens with two attached hydrogens (primary N) is 1. The van der Waals surface area contributed by atoms with Crippen LogP contribution in [0.2, 0.25) is 0 Å². The Morgan fingerprint density at radius 2 is 2.21 bits per heavy atom. The molecule has 0 bridgehead atoms. The normalized spacial score (nSPS) is 10.7. The fourth-order valence-corrected chi connectivity index (χ4v) is 2.42. The van der Waals surface area contributed by atoms with Crippen LogP contribution in [-0.2, 0) is 6.54 Å². The molecule has 1 aromatic heterocycles. The van der Waals surface area contributed by atoms with Gasteiger partial charge >= 0.3 is 0 Å². The number of para-hydroxylation sites is 1. The fourth-order valence-electron chi connectivity index (χ4n) is 1.87. The summed E-state index contributed by atoms with van der Waals surface area (Å²) in [4.78, 5) is 6.37. The number of hydrogen-bond donors (Lipinski definition) is 1. The van der Waals surface area contributed by atoms with E-state index in [1.54, 1.807) is 11.3 Å². The van der Waals surface area contributed by atoms with Crippen LogP contribution in [0.3, 0.4) is 0 Å². The van der Waals surface area contributed by atoms with Crippen molar-refractivity contribution in [1.82, 2.24) is 4.98 Å². The highest BCUT2D eigenvalue weighted by atomic mass is 32.1. The first kappa shape index (κ1) is 13.7. The van der Waals surface area contributed by atoms with Crippen molar-refractivity contribution < 1.29 is 4.74 Å². The second-order valence-electron chi connectivity index (χ2n) is 4.69. The number of thiazole rings is 1. The zero-order valence-electron chi connectivity index (χ0n) is 11.5. The lowest BCUT2D eigenvalue weighted by Gasteiger charge is -2.22. The Labute approximate surface area is 117 Å². The molecular weight excluding hydrogens is 258 g/mol. The zero-order valence-corrected chi connectivity index (χ0v) is 12.3. The average molecular weight is 277 g/mol. The van der Waals surface area contributed by atoms with Gasteiger partial charge in [-0.1, -0.05) is 6.07 Å². The number of hydrogen-bond acceptors (Lipinski definition) is 5. The Balaban J connectivity index is 2.19. The van der Waals surface area contributed by atoms with E-state index in [0.717, 1.165) is 23.7 Å². The van der Waals surface area contributed by atoms with Gasteiger partial charge in [0.15, 0.2) is 0 Å². The molecule has 4 nitrogen and oxygen atoms in total. The molecule has 0 saturated heterocycles. The summed E-state index contributed by atoms with van der Waals surface area (Å²) in [6, 6.07) is 5.85. The predicted octanol–water partition coefficient (Wildman–Crippen LogP) is 3.15. The van der Waals surface area contributed by atoms with Gasteiger partial charge in [-0.15, -0.1) is 11.3 Å². The summed E-state index contributed by atoms with van der Waals surface area (Å²) in [6.45, 7) is 4.72. The Morgan fingerprint density at radius 1 is 1.42 bits per heavy atom. The number of nitrogens with zero attached hydrogens (tertiary/aromatic N) is 2. The van der Waals surface area contributed by atoms with E-state index in [2.05, 4.69) is 9.88 Å². The van der Waals surface area contributed by atoms with Crippen molar-refractivity contribution in [3.63, 3.8) is 0 Å². The SMILES string of the molecule is CC(C)Oc1cccc(N(C)Cc2cscn2)c1N. The van der Waals surface area contributed by atoms with Crippen LogP contribution in [0.4, 0.5) is 11.4 Å². The molecule has 102 valence electrons. The van der Waals surface area contributed by atoms with Crippen LogP contribution in [0.5, 0.6) is 5.75 Å². The molecule has 0 aliphatic heterocycles. The molecule has 19 heavy (non-hydrogen) atoms. The molecule has 2 N–H and O–H groups in total. The van der Waals surface area contributed by atoms with Crippen molar-refractivity contribution >= 4 is 22.7 Å². The van der Waals surface area contributed by atoms with Crippen LogP contribution < -0.4 is 15.4 Å². The van der Waals surface area contributed by atoms with Crippen molar-refractivity contribution in [1.29, 1.82) is 0 Å². The number of benzene rings is 1. The summed E-state index contributed by atoms with van der Waals surface area (Å²) in [5.74, 6) is 0.734. The molecule has 2 aromatic rings. The van der Waals surface area contributed by atoms with Crippen molar-refractivity contribution in [3.05, 3.63) is 34.8 Å². The maximum absolute atomic E-state index is 6.18. The Bertz CT molecular complexity index is 525. The van der Waals surface area contributed by atoms with E-state index in [1.807, 2.05) is 50.0 Å². The molecular formula is C14H19N3OS. The Hall–Kier alpha value is -1.75. The highest BCUT2D eigenvalue weighted by molar-refractivity contribution is 7.07. The molecule has 0 fully saturated rings. The highest BCUT2D eigenvalue weighted by Crippen LogP contribution is 2.32. The predicted molar refractivity (Wildman–Crippen MR) is 80.8 cm³/mol. The van der Waals surface area contributed by atoms with Crippen LogP contribution in [0.15, 0.2) is 29.1 Å². The van der Waals surface area contributed by atoms with Crippen LogP contribution in [0.1, 0.15) is 19.5 Å². The van der Waals surface area contributed by atoms with Gasteiger partial charge in [0.05, 0.1) is 35.2 Å². The van der Waals surface area contributed by atoms with Gasteiger partial charge in [0.25, 0.3) is 0 Å². The third-order valence-electron chi connectivity index (χ3n) is 2.70. The first-order valence-electron chi connectivity index (χ1n) is 6.21. The number of nitrogen functional groups attached to an aromatic ring is 1. The minimum absolute atomic E-state index is 0.112. The molecule has 0 radical (unpaired) electrons. The van der Waals surface area contributed by atoms with Gasteiger partial charge in [-0.25, -0.2) is 4.98 Å². The van der Waals surface area contributed by atoms with Crippen LogP contribution >= 0.6 is 11.3 Å². The minimum Gasteiger partial charge on any atom is -0.489 e. The molecule has 0 unspecified atom stereocenters. The lowest BCUT2D eigenvalue weighted by molar-refractivity contribution is 0.244. The quantitative estimate of drug-likeness (QED) is 0.853. The van der Waals surface area contributed by atoms with Crippen LogP contribution in [0.25, 0.3) is 0 Å². The van der Waals surface area contributed by atoms with Gasteiger partial charge in [-0.3, -0.25) is 0 Å². The zero-order chi connectivity index (χ0) is 13.8. The van der Waals surface area contributed by atoms with E-state index in [1.165, 1.54) is 0 Å². The smallest absolute Gasteiger partial charge is 0.144 e. The van der Waals surface area contributed by atoms with Crippen molar-refractivity contribution in [2.45, 2.75) is 26.5 Å². The minimum atomic E-state index is 0.112. The summed E-state index contributed by atoms with van der Waals surface area (Å²) in [5, 5.41) is 2.04. The maximum Gasteiger partial charge on any atom is 0.144 e. The van der Waals surface area contributed by atoms with Crippen LogP contribution in [-0.4, -0.2) is 18.1 Å². The van der Waals surface area contributed by atoms with Gasteiger partial charge < -0.3 is 15.4 Å². The first-order valence-corrected chi connectivity index (χ1v) is 7.15. The highest BCUT2D eigenvalue weighted by Gasteiger charge is 2.12. The van der Waals surface area contributed by atoms with Crippen LogP contribution in [0, 0.1) is 0 Å². The lowest BCUT2D eigenvalue weighted by Crippen LogP contribution is -2.18. The summed E-state index contributed by atoms with van der Waals surface area (Å²) in [7, 11) is 2.00. The second-order valence-corrected chi connectivity index (χ2v) is 5.41. The third-order valence-corrected chi connectivity index (χ3v) is 3.33. The molecule has 0 atom stereocenters. The molecule has 0 amide bonds.